The van der Waals surface area contributed by atoms with Gasteiger partial charge in [0, 0.05) is 18.6 Å². The maximum absolute atomic E-state index is 10.4. The summed E-state index contributed by atoms with van der Waals surface area (Å²) >= 11 is 1.47. The van der Waals surface area contributed by atoms with Gasteiger partial charge in [-0.2, -0.15) is 11.8 Å². The minimum Gasteiger partial charge on any atom is -0.480 e. The van der Waals surface area contributed by atoms with E-state index in [0.717, 1.165) is 5.75 Å². The number of ether oxygens (including phenoxy) is 3. The fourth-order valence-electron chi connectivity index (χ4n) is 0.864. The Hall–Kier alpha value is -0.340. The van der Waals surface area contributed by atoms with E-state index < -0.39 is 12.0 Å². The van der Waals surface area contributed by atoms with E-state index in [4.69, 9.17) is 25.1 Å². The molecule has 0 aromatic heterocycles. The van der Waals surface area contributed by atoms with Crippen LogP contribution >= 0.6 is 11.8 Å². The van der Waals surface area contributed by atoms with Gasteiger partial charge in [-0.25, -0.2) is 0 Å². The molecule has 0 rings (SSSR count). The molecule has 0 amide bonds. The Morgan fingerprint density at radius 3 is 2.41 bits per heavy atom. The highest BCUT2D eigenvalue weighted by Crippen LogP contribution is 2.01. The third kappa shape index (κ3) is 11.9. The van der Waals surface area contributed by atoms with Crippen LogP contribution in [0, 0.1) is 0 Å². The molecule has 0 aliphatic rings. The molecule has 102 valence electrons. The zero-order valence-electron chi connectivity index (χ0n) is 10.1. The number of rotatable bonds is 12. The molecule has 6 nitrogen and oxygen atoms in total. The van der Waals surface area contributed by atoms with Crippen molar-refractivity contribution in [2.45, 2.75) is 6.04 Å². The van der Waals surface area contributed by atoms with Crippen LogP contribution < -0.4 is 5.73 Å². The van der Waals surface area contributed by atoms with Gasteiger partial charge in [0.05, 0.1) is 33.0 Å². The summed E-state index contributed by atoms with van der Waals surface area (Å²) in [5.41, 5.74) is 5.33. The van der Waals surface area contributed by atoms with Crippen LogP contribution in [0.15, 0.2) is 0 Å². The molecule has 0 unspecified atom stereocenters. The number of carbonyl (C=O) groups is 1. The summed E-state index contributed by atoms with van der Waals surface area (Å²) in [5.74, 6) is 0.173. The Kier molecular flexibility index (Phi) is 11.9. The Labute approximate surface area is 106 Å². The first-order chi connectivity index (χ1) is 8.18. The van der Waals surface area contributed by atoms with Crippen molar-refractivity contribution in [3.63, 3.8) is 0 Å². The van der Waals surface area contributed by atoms with Crippen molar-refractivity contribution in [2.75, 3.05) is 51.6 Å². The fraction of sp³-hybridized carbons (Fsp3) is 0.900. The second-order valence-electron chi connectivity index (χ2n) is 3.24. The number of thioether (sulfide) groups is 1. The van der Waals surface area contributed by atoms with Crippen LogP contribution in [-0.2, 0) is 19.0 Å². The van der Waals surface area contributed by atoms with E-state index in [0.29, 0.717) is 38.8 Å². The van der Waals surface area contributed by atoms with E-state index in [9.17, 15) is 4.79 Å². The molecule has 0 bridgehead atoms. The second-order valence-corrected chi connectivity index (χ2v) is 4.39. The van der Waals surface area contributed by atoms with Crippen molar-refractivity contribution in [3.05, 3.63) is 0 Å². The second kappa shape index (κ2) is 12.1. The molecule has 0 aromatic rings. The molecule has 0 aliphatic carbocycles. The molecule has 0 aliphatic heterocycles. The maximum Gasteiger partial charge on any atom is 0.321 e. The Balaban J connectivity index is 3.06. The van der Waals surface area contributed by atoms with Crippen LogP contribution in [-0.4, -0.2) is 68.8 Å². The van der Waals surface area contributed by atoms with E-state index in [1.54, 1.807) is 7.11 Å². The summed E-state index contributed by atoms with van der Waals surface area (Å²) in [4.78, 5) is 10.4. The van der Waals surface area contributed by atoms with Gasteiger partial charge >= 0.3 is 5.97 Å². The molecule has 0 saturated heterocycles. The van der Waals surface area contributed by atoms with E-state index >= 15 is 0 Å². The molecular formula is C10H21NO5S. The normalized spacial score (nSPS) is 12.6. The highest BCUT2D eigenvalue weighted by atomic mass is 32.2. The highest BCUT2D eigenvalue weighted by molar-refractivity contribution is 7.99. The highest BCUT2D eigenvalue weighted by Gasteiger charge is 2.10. The van der Waals surface area contributed by atoms with Crippen molar-refractivity contribution in [2.24, 2.45) is 5.73 Å². The topological polar surface area (TPSA) is 91.0 Å². The average molecular weight is 267 g/mol. The lowest BCUT2D eigenvalue weighted by Gasteiger charge is -2.07. The number of methoxy groups -OCH3 is 1. The monoisotopic (exact) mass is 267 g/mol. The van der Waals surface area contributed by atoms with E-state index in [1.165, 1.54) is 11.8 Å². The van der Waals surface area contributed by atoms with Crippen molar-refractivity contribution >= 4 is 17.7 Å². The smallest absolute Gasteiger partial charge is 0.321 e. The summed E-state index contributed by atoms with van der Waals surface area (Å²) in [5, 5.41) is 8.53. The lowest BCUT2D eigenvalue weighted by Crippen LogP contribution is -2.32. The summed E-state index contributed by atoms with van der Waals surface area (Å²) in [6.07, 6.45) is 0. The minimum absolute atomic E-state index is 0.406. The Morgan fingerprint density at radius 1 is 1.24 bits per heavy atom. The van der Waals surface area contributed by atoms with Crippen LogP contribution in [0.5, 0.6) is 0 Å². The zero-order chi connectivity index (χ0) is 12.9. The van der Waals surface area contributed by atoms with Gasteiger partial charge in [-0.1, -0.05) is 0 Å². The number of hydrogen-bond donors (Lipinski definition) is 2. The van der Waals surface area contributed by atoms with Gasteiger partial charge in [0.2, 0.25) is 0 Å². The molecule has 7 heteroatoms. The van der Waals surface area contributed by atoms with Gasteiger partial charge in [-0.15, -0.1) is 0 Å². The molecular weight excluding hydrogens is 246 g/mol. The van der Waals surface area contributed by atoms with E-state index in [1.807, 2.05) is 0 Å². The van der Waals surface area contributed by atoms with E-state index in [-0.39, 0.29) is 0 Å². The lowest BCUT2D eigenvalue weighted by molar-refractivity contribution is -0.137. The molecule has 17 heavy (non-hydrogen) atoms. The van der Waals surface area contributed by atoms with Crippen molar-refractivity contribution in [1.29, 1.82) is 0 Å². The molecule has 1 atom stereocenters. The molecule has 0 heterocycles. The predicted octanol–water partition coefficient (Wildman–Crippen LogP) is -0.189. The summed E-state index contributed by atoms with van der Waals surface area (Å²) in [7, 11) is 1.62. The SMILES string of the molecule is COCCOCCOCCSC[C@@H](N)C(=O)O. The average Bonchev–Trinajstić information content (AvgIpc) is 2.31. The Bertz CT molecular complexity index is 194. The summed E-state index contributed by atoms with van der Waals surface area (Å²) in [6, 6.07) is -0.794. The Morgan fingerprint density at radius 2 is 1.82 bits per heavy atom. The first kappa shape index (κ1) is 16.7. The molecule has 0 saturated carbocycles. The third-order valence-corrected chi connectivity index (χ3v) is 2.84. The fourth-order valence-corrected chi connectivity index (χ4v) is 1.66. The van der Waals surface area contributed by atoms with Crippen molar-refractivity contribution in [3.8, 4) is 0 Å². The van der Waals surface area contributed by atoms with Gasteiger partial charge in [-0.3, -0.25) is 4.79 Å². The predicted molar refractivity (Wildman–Crippen MR) is 66.5 cm³/mol. The van der Waals surface area contributed by atoms with Gasteiger partial charge in [0.15, 0.2) is 0 Å². The summed E-state index contributed by atoms with van der Waals surface area (Å²) < 4.78 is 15.3. The van der Waals surface area contributed by atoms with Crippen LogP contribution in [0.4, 0.5) is 0 Å². The van der Waals surface area contributed by atoms with Gasteiger partial charge < -0.3 is 25.1 Å². The number of carboxylic acids is 1. The lowest BCUT2D eigenvalue weighted by atomic mass is 10.4. The van der Waals surface area contributed by atoms with Crippen LogP contribution in [0.3, 0.4) is 0 Å². The maximum atomic E-state index is 10.4. The van der Waals surface area contributed by atoms with Crippen molar-refractivity contribution < 1.29 is 24.1 Å². The minimum atomic E-state index is -0.968. The van der Waals surface area contributed by atoms with E-state index in [2.05, 4.69) is 0 Å². The molecule has 3 N–H and O–H groups in total. The van der Waals surface area contributed by atoms with Gasteiger partial charge in [0.1, 0.15) is 6.04 Å². The quantitative estimate of drug-likeness (QED) is 0.474. The first-order valence-corrected chi connectivity index (χ1v) is 6.54. The number of carboxylic acid groups (broad SMARTS) is 1. The van der Waals surface area contributed by atoms with Crippen LogP contribution in [0.1, 0.15) is 0 Å². The number of hydrogen-bond acceptors (Lipinski definition) is 6. The molecule has 0 spiro atoms. The zero-order valence-corrected chi connectivity index (χ0v) is 10.9. The molecule has 0 radical (unpaired) electrons. The third-order valence-electron chi connectivity index (χ3n) is 1.79. The number of nitrogens with two attached hydrogens (primary N) is 1. The standard InChI is InChI=1S/C10H21NO5S/c1-14-2-3-15-4-5-16-6-7-17-8-9(11)10(12)13/h9H,2-8,11H2,1H3,(H,12,13)/t9-/m1/s1. The van der Waals surface area contributed by atoms with Crippen LogP contribution in [0.25, 0.3) is 0 Å². The van der Waals surface area contributed by atoms with Gasteiger partial charge in [0.25, 0.3) is 0 Å². The van der Waals surface area contributed by atoms with Gasteiger partial charge in [-0.05, 0) is 0 Å². The van der Waals surface area contributed by atoms with Crippen LogP contribution in [0.2, 0.25) is 0 Å². The largest absolute Gasteiger partial charge is 0.480 e. The number of aliphatic carboxylic acids is 1. The summed E-state index contributed by atoms with van der Waals surface area (Å²) in [6.45, 7) is 2.81. The molecule has 0 aromatic carbocycles. The molecule has 0 fully saturated rings. The first-order valence-electron chi connectivity index (χ1n) is 5.39. The van der Waals surface area contributed by atoms with Crippen molar-refractivity contribution in [1.82, 2.24) is 0 Å².